The molecule has 3 aromatic rings. The summed E-state index contributed by atoms with van der Waals surface area (Å²) in [6.07, 6.45) is 1.66. The van der Waals surface area contributed by atoms with Gasteiger partial charge in [-0.2, -0.15) is 0 Å². The molecule has 134 valence electrons. The van der Waals surface area contributed by atoms with E-state index in [-0.39, 0.29) is 5.91 Å². The summed E-state index contributed by atoms with van der Waals surface area (Å²) in [5.41, 5.74) is 3.29. The lowest BCUT2D eigenvalue weighted by atomic mass is 10.2. The first-order valence-corrected chi connectivity index (χ1v) is 8.80. The summed E-state index contributed by atoms with van der Waals surface area (Å²) in [6.45, 7) is 6.73. The van der Waals surface area contributed by atoms with Crippen molar-refractivity contribution in [2.75, 3.05) is 23.3 Å². The van der Waals surface area contributed by atoms with Crippen LogP contribution in [-0.2, 0) is 6.54 Å². The average molecular weight is 349 g/mol. The number of hydrogen-bond acceptors (Lipinski definition) is 4. The monoisotopic (exact) mass is 349 g/mol. The van der Waals surface area contributed by atoms with Crippen LogP contribution in [0.15, 0.2) is 60.8 Å². The summed E-state index contributed by atoms with van der Waals surface area (Å²) in [7, 11) is 0. The first-order chi connectivity index (χ1) is 12.7. The van der Waals surface area contributed by atoms with Crippen LogP contribution >= 0.6 is 0 Å². The number of carbonyl (C=O) groups is 1. The van der Waals surface area contributed by atoms with Crippen molar-refractivity contribution >= 4 is 17.3 Å². The number of benzene rings is 2. The van der Waals surface area contributed by atoms with Crippen LogP contribution in [-0.4, -0.2) is 34.0 Å². The summed E-state index contributed by atoms with van der Waals surface area (Å²) >= 11 is 0. The molecule has 26 heavy (non-hydrogen) atoms. The van der Waals surface area contributed by atoms with Gasteiger partial charge in [-0.3, -0.25) is 4.79 Å². The highest BCUT2D eigenvalue weighted by atomic mass is 16.2. The molecule has 1 heterocycles. The van der Waals surface area contributed by atoms with E-state index in [4.69, 9.17) is 0 Å². The Labute approximate surface area is 153 Å². The van der Waals surface area contributed by atoms with Gasteiger partial charge in [-0.15, -0.1) is 5.10 Å². The third-order valence-electron chi connectivity index (χ3n) is 4.21. The second-order valence-corrected chi connectivity index (χ2v) is 5.96. The van der Waals surface area contributed by atoms with Crippen molar-refractivity contribution in [3.05, 3.63) is 72.1 Å². The van der Waals surface area contributed by atoms with E-state index in [1.165, 1.54) is 0 Å². The van der Waals surface area contributed by atoms with Crippen molar-refractivity contribution in [1.29, 1.82) is 0 Å². The van der Waals surface area contributed by atoms with Gasteiger partial charge in [0.2, 0.25) is 0 Å². The zero-order chi connectivity index (χ0) is 18.4. The van der Waals surface area contributed by atoms with Crippen molar-refractivity contribution in [3.63, 3.8) is 0 Å². The topological polar surface area (TPSA) is 63.1 Å². The standard InChI is InChI=1S/C20H23N5O/c1-3-24(4-2)18-12-10-17(11-13-18)21-20(26)19-15-25(23-22-19)14-16-8-6-5-7-9-16/h5-13,15H,3-4,14H2,1-2H3,(H,21,26). The van der Waals surface area contributed by atoms with Crippen molar-refractivity contribution in [2.45, 2.75) is 20.4 Å². The van der Waals surface area contributed by atoms with Crippen molar-refractivity contribution in [3.8, 4) is 0 Å². The molecule has 6 heteroatoms. The quantitative estimate of drug-likeness (QED) is 0.710. The molecular weight excluding hydrogens is 326 g/mol. The van der Waals surface area contributed by atoms with Crippen LogP contribution in [0, 0.1) is 0 Å². The van der Waals surface area contributed by atoms with Crippen LogP contribution < -0.4 is 10.2 Å². The Balaban J connectivity index is 1.63. The minimum absolute atomic E-state index is 0.264. The van der Waals surface area contributed by atoms with Crippen LogP contribution in [0.25, 0.3) is 0 Å². The maximum Gasteiger partial charge on any atom is 0.277 e. The minimum atomic E-state index is -0.264. The fraction of sp³-hybridized carbons (Fsp3) is 0.250. The highest BCUT2D eigenvalue weighted by Crippen LogP contribution is 2.18. The summed E-state index contributed by atoms with van der Waals surface area (Å²) in [5.74, 6) is -0.264. The highest BCUT2D eigenvalue weighted by Gasteiger charge is 2.11. The normalized spacial score (nSPS) is 10.5. The van der Waals surface area contributed by atoms with Crippen LogP contribution in [0.3, 0.4) is 0 Å². The number of nitrogens with zero attached hydrogens (tertiary/aromatic N) is 4. The van der Waals surface area contributed by atoms with E-state index < -0.39 is 0 Å². The summed E-state index contributed by atoms with van der Waals surface area (Å²) in [5, 5.41) is 10.9. The van der Waals surface area contributed by atoms with Crippen LogP contribution in [0.5, 0.6) is 0 Å². The molecule has 0 saturated heterocycles. The smallest absolute Gasteiger partial charge is 0.277 e. The van der Waals surface area contributed by atoms with Gasteiger partial charge in [-0.25, -0.2) is 4.68 Å². The zero-order valence-electron chi connectivity index (χ0n) is 15.1. The number of rotatable bonds is 7. The first-order valence-electron chi connectivity index (χ1n) is 8.80. The number of aromatic nitrogens is 3. The third kappa shape index (κ3) is 4.27. The number of hydrogen-bond donors (Lipinski definition) is 1. The van der Waals surface area contributed by atoms with Gasteiger partial charge in [-0.05, 0) is 43.7 Å². The molecule has 2 aromatic carbocycles. The molecule has 1 N–H and O–H groups in total. The molecule has 0 aliphatic rings. The molecular formula is C20H23N5O. The number of carbonyl (C=O) groups excluding carboxylic acids is 1. The summed E-state index contributed by atoms with van der Waals surface area (Å²) in [4.78, 5) is 14.6. The lowest BCUT2D eigenvalue weighted by Crippen LogP contribution is -2.21. The Hall–Kier alpha value is -3.15. The van der Waals surface area contributed by atoms with Crippen LogP contribution in [0.2, 0.25) is 0 Å². The van der Waals surface area contributed by atoms with E-state index in [2.05, 4.69) is 34.4 Å². The summed E-state index contributed by atoms with van der Waals surface area (Å²) in [6, 6.07) is 17.8. The number of anilines is 2. The highest BCUT2D eigenvalue weighted by molar-refractivity contribution is 6.02. The molecule has 0 spiro atoms. The fourth-order valence-electron chi connectivity index (χ4n) is 2.79. The van der Waals surface area contributed by atoms with Crippen LogP contribution in [0.1, 0.15) is 29.9 Å². The molecule has 0 aliphatic heterocycles. The van der Waals surface area contributed by atoms with Gasteiger partial charge in [0, 0.05) is 24.5 Å². The minimum Gasteiger partial charge on any atom is -0.372 e. The maximum absolute atomic E-state index is 12.4. The molecule has 1 amide bonds. The molecule has 0 saturated carbocycles. The Kier molecular flexibility index (Phi) is 5.63. The molecule has 6 nitrogen and oxygen atoms in total. The Bertz CT molecular complexity index is 838. The number of nitrogens with one attached hydrogen (secondary N) is 1. The maximum atomic E-state index is 12.4. The first kappa shape index (κ1) is 17.7. The van der Waals surface area contributed by atoms with E-state index >= 15 is 0 Å². The second kappa shape index (κ2) is 8.29. The molecule has 0 atom stereocenters. The van der Waals surface area contributed by atoms with Gasteiger partial charge >= 0.3 is 0 Å². The second-order valence-electron chi connectivity index (χ2n) is 5.96. The predicted octanol–water partition coefficient (Wildman–Crippen LogP) is 3.42. The molecule has 0 bridgehead atoms. The van der Waals surface area contributed by atoms with Crippen molar-refractivity contribution in [1.82, 2.24) is 15.0 Å². The van der Waals surface area contributed by atoms with Gasteiger partial charge in [-0.1, -0.05) is 35.5 Å². The number of amides is 1. The molecule has 0 aliphatic carbocycles. The molecule has 0 radical (unpaired) electrons. The SMILES string of the molecule is CCN(CC)c1ccc(NC(=O)c2cn(Cc3ccccc3)nn2)cc1. The van der Waals surface area contributed by atoms with E-state index in [1.807, 2.05) is 54.6 Å². The average Bonchev–Trinajstić information content (AvgIpc) is 3.13. The van der Waals surface area contributed by atoms with Gasteiger partial charge in [0.1, 0.15) is 0 Å². The zero-order valence-corrected chi connectivity index (χ0v) is 15.1. The fourth-order valence-corrected chi connectivity index (χ4v) is 2.79. The Morgan fingerprint density at radius 2 is 1.73 bits per heavy atom. The Morgan fingerprint density at radius 1 is 1.04 bits per heavy atom. The van der Waals surface area contributed by atoms with Crippen LogP contribution in [0.4, 0.5) is 11.4 Å². The van der Waals surface area contributed by atoms with E-state index in [1.54, 1.807) is 10.9 Å². The van der Waals surface area contributed by atoms with Gasteiger partial charge in [0.05, 0.1) is 12.7 Å². The summed E-state index contributed by atoms with van der Waals surface area (Å²) < 4.78 is 1.66. The Morgan fingerprint density at radius 3 is 2.38 bits per heavy atom. The van der Waals surface area contributed by atoms with E-state index in [0.717, 1.165) is 30.0 Å². The van der Waals surface area contributed by atoms with Crippen molar-refractivity contribution in [2.24, 2.45) is 0 Å². The van der Waals surface area contributed by atoms with Gasteiger partial charge in [0.15, 0.2) is 5.69 Å². The van der Waals surface area contributed by atoms with E-state index in [0.29, 0.717) is 12.2 Å². The van der Waals surface area contributed by atoms with E-state index in [9.17, 15) is 4.79 Å². The van der Waals surface area contributed by atoms with Gasteiger partial charge in [0.25, 0.3) is 5.91 Å². The largest absolute Gasteiger partial charge is 0.372 e. The lowest BCUT2D eigenvalue weighted by molar-refractivity contribution is 0.102. The van der Waals surface area contributed by atoms with Crippen molar-refractivity contribution < 1.29 is 4.79 Å². The third-order valence-corrected chi connectivity index (χ3v) is 4.21. The molecule has 0 unspecified atom stereocenters. The predicted molar refractivity (Wildman–Crippen MR) is 104 cm³/mol. The molecule has 0 fully saturated rings. The molecule has 1 aromatic heterocycles. The van der Waals surface area contributed by atoms with Gasteiger partial charge < -0.3 is 10.2 Å². The molecule has 3 rings (SSSR count). The lowest BCUT2D eigenvalue weighted by Gasteiger charge is -2.21.